The first-order valence-electron chi connectivity index (χ1n) is 10.8. The summed E-state index contributed by atoms with van der Waals surface area (Å²) in [4.78, 5) is 23.8. The van der Waals surface area contributed by atoms with Crippen molar-refractivity contribution in [2.24, 2.45) is 0 Å². The number of piperazine rings is 1. The number of hydrogen-bond acceptors (Lipinski definition) is 7. The number of non-ortho nitro benzene ring substituents is 1. The molecule has 188 valence electrons. The minimum atomic E-state index is -4.16. The van der Waals surface area contributed by atoms with Crippen LogP contribution in [0, 0.1) is 10.1 Å². The van der Waals surface area contributed by atoms with E-state index in [1.165, 1.54) is 42.5 Å². The molecule has 1 aliphatic heterocycles. The van der Waals surface area contributed by atoms with Crippen LogP contribution in [0.3, 0.4) is 0 Å². The standard InChI is InChI=1S/C23H22N4O7S2/c28-23(24-18-8-7-9-19(16-18)27(29)30)22-17-25(35(31,32)20-10-3-1-4-11-20)14-15-26(22)36(33,34)21-12-5-2-6-13-21/h1-13,16,22H,14-15,17H2,(H,24,28)/t22-/m1/s1. The minimum absolute atomic E-state index is 0.0159. The van der Waals surface area contributed by atoms with Crippen LogP contribution < -0.4 is 5.32 Å². The van der Waals surface area contributed by atoms with Gasteiger partial charge in [-0.1, -0.05) is 42.5 Å². The van der Waals surface area contributed by atoms with Gasteiger partial charge in [-0.25, -0.2) is 16.8 Å². The van der Waals surface area contributed by atoms with Crippen molar-refractivity contribution in [1.29, 1.82) is 0 Å². The zero-order valence-corrected chi connectivity index (χ0v) is 20.4. The van der Waals surface area contributed by atoms with Crippen molar-refractivity contribution >= 4 is 37.3 Å². The normalized spacial score (nSPS) is 17.4. The average molecular weight is 531 g/mol. The van der Waals surface area contributed by atoms with E-state index in [4.69, 9.17) is 0 Å². The van der Waals surface area contributed by atoms with E-state index < -0.39 is 43.5 Å². The third kappa shape index (κ3) is 5.14. The Morgan fingerprint density at radius 3 is 2.00 bits per heavy atom. The van der Waals surface area contributed by atoms with Crippen molar-refractivity contribution < 1.29 is 26.6 Å². The van der Waals surface area contributed by atoms with Gasteiger partial charge in [-0.2, -0.15) is 8.61 Å². The van der Waals surface area contributed by atoms with E-state index in [2.05, 4.69) is 5.32 Å². The van der Waals surface area contributed by atoms with Gasteiger partial charge in [0.25, 0.3) is 5.69 Å². The number of hydrogen-bond donors (Lipinski definition) is 1. The summed E-state index contributed by atoms with van der Waals surface area (Å²) in [6.07, 6.45) is 0. The summed E-state index contributed by atoms with van der Waals surface area (Å²) in [6.45, 7) is -0.871. The number of sulfonamides is 2. The molecule has 1 fully saturated rings. The molecule has 1 aliphatic rings. The maximum absolute atomic E-state index is 13.4. The molecule has 3 aromatic rings. The Labute approximate surface area is 208 Å². The van der Waals surface area contributed by atoms with Crippen LogP contribution in [0.25, 0.3) is 0 Å². The molecule has 0 unspecified atom stereocenters. The SMILES string of the molecule is O=C(Nc1cccc([N+](=O)[O-])c1)[C@H]1CN(S(=O)(=O)c2ccccc2)CCN1S(=O)(=O)c1ccccc1. The van der Waals surface area contributed by atoms with E-state index in [0.717, 1.165) is 14.7 Å². The number of nitrogens with zero attached hydrogens (tertiary/aromatic N) is 3. The fraction of sp³-hybridized carbons (Fsp3) is 0.174. The lowest BCUT2D eigenvalue weighted by molar-refractivity contribution is -0.384. The van der Waals surface area contributed by atoms with Crippen molar-refractivity contribution in [3.8, 4) is 0 Å². The number of carbonyl (C=O) groups is 1. The maximum Gasteiger partial charge on any atom is 0.271 e. The molecule has 0 aliphatic carbocycles. The Morgan fingerprint density at radius 2 is 1.42 bits per heavy atom. The number of anilines is 1. The van der Waals surface area contributed by atoms with Gasteiger partial charge in [-0.15, -0.1) is 0 Å². The second kappa shape index (κ2) is 10.1. The number of rotatable bonds is 7. The van der Waals surface area contributed by atoms with E-state index >= 15 is 0 Å². The predicted octanol–water partition coefficient (Wildman–Crippen LogP) is 2.30. The highest BCUT2D eigenvalue weighted by Crippen LogP contribution is 2.26. The number of nitro benzene ring substituents is 1. The fourth-order valence-electron chi connectivity index (χ4n) is 3.85. The molecule has 0 bridgehead atoms. The Bertz CT molecular complexity index is 1480. The zero-order chi connectivity index (χ0) is 25.9. The summed E-state index contributed by atoms with van der Waals surface area (Å²) in [7, 11) is -8.17. The number of amides is 1. The molecule has 11 nitrogen and oxygen atoms in total. The molecule has 36 heavy (non-hydrogen) atoms. The zero-order valence-electron chi connectivity index (χ0n) is 18.8. The monoisotopic (exact) mass is 530 g/mol. The van der Waals surface area contributed by atoms with Gasteiger partial charge in [0.2, 0.25) is 26.0 Å². The molecule has 1 saturated heterocycles. The molecule has 1 heterocycles. The van der Waals surface area contributed by atoms with Crippen LogP contribution in [0.1, 0.15) is 0 Å². The summed E-state index contributed by atoms with van der Waals surface area (Å²) >= 11 is 0. The van der Waals surface area contributed by atoms with Gasteiger partial charge in [0.1, 0.15) is 6.04 Å². The average Bonchev–Trinajstić information content (AvgIpc) is 2.89. The highest BCUT2D eigenvalue weighted by atomic mass is 32.2. The van der Waals surface area contributed by atoms with Crippen LogP contribution in [0.15, 0.2) is 94.7 Å². The van der Waals surface area contributed by atoms with Crippen LogP contribution in [-0.2, 0) is 24.8 Å². The molecule has 0 spiro atoms. The summed E-state index contributed by atoms with van der Waals surface area (Å²) in [6, 6.07) is 18.9. The third-order valence-electron chi connectivity index (χ3n) is 5.65. The number of carbonyl (C=O) groups excluding carboxylic acids is 1. The molecule has 1 amide bonds. The topological polar surface area (TPSA) is 147 Å². The van der Waals surface area contributed by atoms with Gasteiger partial charge in [0.15, 0.2) is 0 Å². The molecule has 0 radical (unpaired) electrons. The van der Waals surface area contributed by atoms with Crippen LogP contribution in [0.4, 0.5) is 11.4 Å². The second-order valence-corrected chi connectivity index (χ2v) is 11.7. The lowest BCUT2D eigenvalue weighted by Crippen LogP contribution is -2.60. The first kappa shape index (κ1) is 25.4. The van der Waals surface area contributed by atoms with Gasteiger partial charge in [0.05, 0.1) is 14.7 Å². The molecule has 1 N–H and O–H groups in total. The summed E-state index contributed by atoms with van der Waals surface area (Å²) in [5.74, 6) is -0.817. The van der Waals surface area contributed by atoms with Gasteiger partial charge >= 0.3 is 0 Å². The molecular weight excluding hydrogens is 508 g/mol. The van der Waals surface area contributed by atoms with Crippen molar-refractivity contribution in [1.82, 2.24) is 8.61 Å². The van der Waals surface area contributed by atoms with Crippen molar-refractivity contribution in [3.05, 3.63) is 95.0 Å². The number of benzene rings is 3. The van der Waals surface area contributed by atoms with Gasteiger partial charge in [-0.05, 0) is 30.3 Å². The molecular formula is C23H22N4O7S2. The number of nitrogens with one attached hydrogen (secondary N) is 1. The molecule has 13 heteroatoms. The molecule has 3 aromatic carbocycles. The van der Waals surface area contributed by atoms with Gasteiger partial charge < -0.3 is 5.32 Å². The van der Waals surface area contributed by atoms with Crippen LogP contribution in [0.5, 0.6) is 0 Å². The predicted molar refractivity (Wildman–Crippen MR) is 131 cm³/mol. The lowest BCUT2D eigenvalue weighted by atomic mass is 10.2. The highest BCUT2D eigenvalue weighted by molar-refractivity contribution is 7.89. The van der Waals surface area contributed by atoms with E-state index in [9.17, 15) is 31.7 Å². The third-order valence-corrected chi connectivity index (χ3v) is 9.45. The van der Waals surface area contributed by atoms with E-state index in [1.807, 2.05) is 0 Å². The maximum atomic E-state index is 13.4. The summed E-state index contributed by atoms with van der Waals surface area (Å²) in [5.41, 5.74) is -0.187. The molecule has 4 rings (SSSR count). The van der Waals surface area contributed by atoms with Crippen molar-refractivity contribution in [2.45, 2.75) is 15.8 Å². The largest absolute Gasteiger partial charge is 0.324 e. The molecule has 0 aromatic heterocycles. The van der Waals surface area contributed by atoms with Crippen molar-refractivity contribution in [3.63, 3.8) is 0 Å². The van der Waals surface area contributed by atoms with E-state index in [-0.39, 0.29) is 34.3 Å². The Morgan fingerprint density at radius 1 is 0.833 bits per heavy atom. The highest BCUT2D eigenvalue weighted by Gasteiger charge is 2.43. The van der Waals surface area contributed by atoms with Gasteiger partial charge in [0, 0.05) is 37.5 Å². The Kier molecular flexibility index (Phi) is 7.17. The van der Waals surface area contributed by atoms with E-state index in [0.29, 0.717) is 0 Å². The lowest BCUT2D eigenvalue weighted by Gasteiger charge is -2.38. The quantitative estimate of drug-likeness (QED) is 0.364. The van der Waals surface area contributed by atoms with E-state index in [1.54, 1.807) is 36.4 Å². The minimum Gasteiger partial charge on any atom is -0.324 e. The molecule has 0 saturated carbocycles. The second-order valence-electron chi connectivity index (χ2n) is 7.92. The first-order valence-corrected chi connectivity index (χ1v) is 13.7. The van der Waals surface area contributed by atoms with Crippen LogP contribution in [-0.4, -0.2) is 62.0 Å². The Hall–Kier alpha value is -3.65. The summed E-state index contributed by atoms with van der Waals surface area (Å²) in [5, 5.41) is 13.6. The Balaban J connectivity index is 1.69. The van der Waals surface area contributed by atoms with Crippen molar-refractivity contribution in [2.75, 3.05) is 25.0 Å². The van der Waals surface area contributed by atoms with Crippen LogP contribution >= 0.6 is 0 Å². The summed E-state index contributed by atoms with van der Waals surface area (Å²) < 4.78 is 55.3. The van der Waals surface area contributed by atoms with Gasteiger partial charge in [-0.3, -0.25) is 14.9 Å². The first-order chi connectivity index (χ1) is 17.1. The van der Waals surface area contributed by atoms with Crippen LogP contribution in [0.2, 0.25) is 0 Å². The molecule has 1 atom stereocenters. The number of nitro groups is 1. The smallest absolute Gasteiger partial charge is 0.271 e. The fourth-order valence-corrected chi connectivity index (χ4v) is 6.90.